The van der Waals surface area contributed by atoms with Gasteiger partial charge in [0.15, 0.2) is 0 Å². The maximum Gasteiger partial charge on any atom is 0.221 e. The van der Waals surface area contributed by atoms with Gasteiger partial charge in [0.1, 0.15) is 0 Å². The van der Waals surface area contributed by atoms with Crippen molar-refractivity contribution in [3.05, 3.63) is 29.8 Å². The van der Waals surface area contributed by atoms with Crippen molar-refractivity contribution in [2.45, 2.75) is 37.6 Å². The van der Waals surface area contributed by atoms with Crippen LogP contribution >= 0.6 is 11.8 Å². The Morgan fingerprint density at radius 2 is 2.06 bits per heavy atom. The van der Waals surface area contributed by atoms with E-state index in [1.54, 1.807) is 11.8 Å². The normalized spacial score (nSPS) is 12.2. The minimum atomic E-state index is -0.109. The van der Waals surface area contributed by atoms with Crippen molar-refractivity contribution in [2.75, 3.05) is 12.4 Å². The first-order chi connectivity index (χ1) is 8.65. The van der Waals surface area contributed by atoms with Gasteiger partial charge in [0.25, 0.3) is 0 Å². The minimum Gasteiger partial charge on any atom is -0.394 e. The van der Waals surface area contributed by atoms with E-state index in [1.165, 1.54) is 10.5 Å². The number of carbonyl (C=O) groups excluding carboxylic acids is 1. The molecule has 0 unspecified atom stereocenters. The van der Waals surface area contributed by atoms with Gasteiger partial charge in [-0.1, -0.05) is 24.6 Å². The van der Waals surface area contributed by atoms with Crippen LogP contribution in [0.5, 0.6) is 0 Å². The maximum absolute atomic E-state index is 11.6. The van der Waals surface area contributed by atoms with Gasteiger partial charge >= 0.3 is 0 Å². The highest BCUT2D eigenvalue weighted by Gasteiger charge is 2.08. The summed E-state index contributed by atoms with van der Waals surface area (Å²) in [6, 6.07) is 8.17. The van der Waals surface area contributed by atoms with E-state index in [0.29, 0.717) is 6.42 Å². The summed E-state index contributed by atoms with van der Waals surface area (Å²) in [7, 11) is 0. The van der Waals surface area contributed by atoms with Crippen molar-refractivity contribution in [1.29, 1.82) is 0 Å². The predicted molar refractivity (Wildman–Crippen MR) is 75.8 cm³/mol. The molecule has 0 radical (unpaired) electrons. The van der Waals surface area contributed by atoms with Crippen molar-refractivity contribution in [2.24, 2.45) is 0 Å². The Balaban J connectivity index is 2.25. The summed E-state index contributed by atoms with van der Waals surface area (Å²) in [6.45, 7) is 4.01. The van der Waals surface area contributed by atoms with E-state index in [4.69, 9.17) is 5.11 Å². The van der Waals surface area contributed by atoms with Crippen LogP contribution in [-0.2, 0) is 4.79 Å². The summed E-state index contributed by atoms with van der Waals surface area (Å²) in [5.41, 5.74) is 1.24. The average Bonchev–Trinajstić information content (AvgIpc) is 2.38. The van der Waals surface area contributed by atoms with Crippen molar-refractivity contribution < 1.29 is 9.90 Å². The second-order valence-electron chi connectivity index (χ2n) is 4.27. The highest BCUT2D eigenvalue weighted by molar-refractivity contribution is 7.99. The Labute approximate surface area is 113 Å². The molecule has 18 heavy (non-hydrogen) atoms. The van der Waals surface area contributed by atoms with Gasteiger partial charge < -0.3 is 10.4 Å². The average molecular weight is 267 g/mol. The van der Waals surface area contributed by atoms with Crippen LogP contribution in [0.2, 0.25) is 0 Å². The number of rotatable bonds is 7. The van der Waals surface area contributed by atoms with E-state index in [9.17, 15) is 4.79 Å². The second-order valence-corrected chi connectivity index (χ2v) is 5.44. The standard InChI is InChI=1S/C14H21NO2S/c1-3-12(10-16)15-14(17)8-9-18-13-6-4-11(2)5-7-13/h4-7,12,16H,3,8-10H2,1-2H3,(H,15,17)/t12-/m1/s1. The first kappa shape index (κ1) is 15.1. The lowest BCUT2D eigenvalue weighted by Crippen LogP contribution is -2.37. The van der Waals surface area contributed by atoms with Crippen LogP contribution in [0.1, 0.15) is 25.3 Å². The Hall–Kier alpha value is -1.00. The number of benzene rings is 1. The van der Waals surface area contributed by atoms with Crippen LogP contribution in [0.25, 0.3) is 0 Å². The quantitative estimate of drug-likeness (QED) is 0.746. The molecule has 3 nitrogen and oxygen atoms in total. The van der Waals surface area contributed by atoms with Crippen LogP contribution in [-0.4, -0.2) is 29.4 Å². The number of aryl methyl sites for hydroxylation is 1. The smallest absolute Gasteiger partial charge is 0.221 e. The molecular formula is C14H21NO2S. The highest BCUT2D eigenvalue weighted by atomic mass is 32.2. The van der Waals surface area contributed by atoms with Crippen molar-refractivity contribution in [3.63, 3.8) is 0 Å². The Morgan fingerprint density at radius 3 is 2.61 bits per heavy atom. The van der Waals surface area contributed by atoms with Crippen LogP contribution < -0.4 is 5.32 Å². The molecule has 0 fully saturated rings. The van der Waals surface area contributed by atoms with E-state index in [-0.39, 0.29) is 18.6 Å². The predicted octanol–water partition coefficient (Wildman–Crippen LogP) is 2.36. The van der Waals surface area contributed by atoms with Gasteiger partial charge in [-0.25, -0.2) is 0 Å². The van der Waals surface area contributed by atoms with E-state index >= 15 is 0 Å². The van der Waals surface area contributed by atoms with E-state index in [0.717, 1.165) is 12.2 Å². The first-order valence-electron chi connectivity index (χ1n) is 6.25. The monoisotopic (exact) mass is 267 g/mol. The Bertz CT molecular complexity index is 361. The molecule has 100 valence electrons. The van der Waals surface area contributed by atoms with Gasteiger partial charge in [0.2, 0.25) is 5.91 Å². The number of amides is 1. The molecule has 1 aromatic carbocycles. The molecule has 0 aromatic heterocycles. The fraction of sp³-hybridized carbons (Fsp3) is 0.500. The zero-order chi connectivity index (χ0) is 13.4. The van der Waals surface area contributed by atoms with E-state index in [2.05, 4.69) is 36.5 Å². The Morgan fingerprint density at radius 1 is 1.39 bits per heavy atom. The molecule has 0 aliphatic carbocycles. The highest BCUT2D eigenvalue weighted by Crippen LogP contribution is 2.18. The van der Waals surface area contributed by atoms with Gasteiger partial charge in [-0.05, 0) is 25.5 Å². The molecular weight excluding hydrogens is 246 g/mol. The number of aliphatic hydroxyl groups is 1. The number of hydrogen-bond donors (Lipinski definition) is 2. The summed E-state index contributed by atoms with van der Waals surface area (Å²) < 4.78 is 0. The largest absolute Gasteiger partial charge is 0.394 e. The lowest BCUT2D eigenvalue weighted by molar-refractivity contribution is -0.121. The van der Waals surface area contributed by atoms with Gasteiger partial charge in [-0.3, -0.25) is 4.79 Å². The van der Waals surface area contributed by atoms with Crippen molar-refractivity contribution in [1.82, 2.24) is 5.32 Å². The number of carbonyl (C=O) groups is 1. The summed E-state index contributed by atoms with van der Waals surface area (Å²) >= 11 is 1.68. The molecule has 0 saturated heterocycles. The van der Waals surface area contributed by atoms with Crippen molar-refractivity contribution >= 4 is 17.7 Å². The van der Waals surface area contributed by atoms with Gasteiger partial charge in [0.05, 0.1) is 12.6 Å². The molecule has 4 heteroatoms. The van der Waals surface area contributed by atoms with Crippen LogP contribution in [0.15, 0.2) is 29.2 Å². The van der Waals surface area contributed by atoms with Gasteiger partial charge in [-0.2, -0.15) is 0 Å². The summed E-state index contributed by atoms with van der Waals surface area (Å²) in [4.78, 5) is 12.8. The van der Waals surface area contributed by atoms with Gasteiger partial charge in [-0.15, -0.1) is 11.8 Å². The number of hydrogen-bond acceptors (Lipinski definition) is 3. The molecule has 0 aliphatic rings. The summed E-state index contributed by atoms with van der Waals surface area (Å²) in [5.74, 6) is 0.770. The third-order valence-corrected chi connectivity index (χ3v) is 3.71. The molecule has 0 bridgehead atoms. The summed E-state index contributed by atoms with van der Waals surface area (Å²) in [5, 5.41) is 11.8. The lowest BCUT2D eigenvalue weighted by atomic mass is 10.2. The van der Waals surface area contributed by atoms with Crippen LogP contribution in [0.4, 0.5) is 0 Å². The SMILES string of the molecule is CC[C@H](CO)NC(=O)CCSc1ccc(C)cc1. The third-order valence-electron chi connectivity index (χ3n) is 2.70. The molecule has 0 saturated carbocycles. The van der Waals surface area contributed by atoms with Crippen LogP contribution in [0.3, 0.4) is 0 Å². The van der Waals surface area contributed by atoms with E-state index < -0.39 is 0 Å². The first-order valence-corrected chi connectivity index (χ1v) is 7.24. The Kier molecular flexibility index (Phi) is 6.83. The molecule has 1 atom stereocenters. The van der Waals surface area contributed by atoms with Crippen LogP contribution in [0, 0.1) is 6.92 Å². The number of nitrogens with one attached hydrogen (secondary N) is 1. The molecule has 1 rings (SSSR count). The van der Waals surface area contributed by atoms with Crippen molar-refractivity contribution in [3.8, 4) is 0 Å². The minimum absolute atomic E-state index is 0.00729. The molecule has 1 aromatic rings. The maximum atomic E-state index is 11.6. The third kappa shape index (κ3) is 5.56. The zero-order valence-electron chi connectivity index (χ0n) is 11.0. The molecule has 1 amide bonds. The topological polar surface area (TPSA) is 49.3 Å². The lowest BCUT2D eigenvalue weighted by Gasteiger charge is -2.13. The summed E-state index contributed by atoms with van der Waals surface area (Å²) in [6.07, 6.45) is 1.24. The van der Waals surface area contributed by atoms with Gasteiger partial charge in [0, 0.05) is 17.1 Å². The second kappa shape index (κ2) is 8.16. The molecule has 0 aliphatic heterocycles. The zero-order valence-corrected chi connectivity index (χ0v) is 11.8. The molecule has 0 spiro atoms. The fourth-order valence-electron chi connectivity index (χ4n) is 1.47. The fourth-order valence-corrected chi connectivity index (χ4v) is 2.32. The number of thioether (sulfide) groups is 1. The number of aliphatic hydroxyl groups excluding tert-OH is 1. The molecule has 2 N–H and O–H groups in total. The molecule has 0 heterocycles. The van der Waals surface area contributed by atoms with E-state index in [1.807, 2.05) is 6.92 Å².